The molecule has 0 aromatic rings. The lowest BCUT2D eigenvalue weighted by atomic mass is 9.93. The summed E-state index contributed by atoms with van der Waals surface area (Å²) in [5.41, 5.74) is 0. The first kappa shape index (κ1) is 13.2. The van der Waals surface area contributed by atoms with E-state index >= 15 is 0 Å². The van der Waals surface area contributed by atoms with Crippen LogP contribution in [-0.4, -0.2) is 50.2 Å². The number of amides is 1. The zero-order chi connectivity index (χ0) is 12.2. The molecule has 8 heteroatoms. The Hall–Kier alpha value is -0.860. The van der Waals surface area contributed by atoms with Crippen LogP contribution in [0.4, 0.5) is 4.79 Å². The first-order valence-electron chi connectivity index (χ1n) is 4.99. The largest absolute Gasteiger partial charge is 0.452 e. The SMILES string of the molecule is COC(=O)NS(=O)(=O)N(CCO)C1CCC1. The molecule has 0 aromatic heterocycles. The predicted molar refractivity (Wildman–Crippen MR) is 55.9 cm³/mol. The zero-order valence-corrected chi connectivity index (χ0v) is 9.87. The molecule has 1 rings (SSSR count). The van der Waals surface area contributed by atoms with Gasteiger partial charge in [-0.1, -0.05) is 6.42 Å². The second-order valence-corrected chi connectivity index (χ2v) is 5.14. The first-order valence-corrected chi connectivity index (χ1v) is 6.43. The summed E-state index contributed by atoms with van der Waals surface area (Å²) in [6, 6.07) is -0.130. The second-order valence-electron chi connectivity index (χ2n) is 3.52. The van der Waals surface area contributed by atoms with Crippen molar-refractivity contribution in [2.45, 2.75) is 25.3 Å². The molecule has 0 aliphatic heterocycles. The normalized spacial score (nSPS) is 16.9. The van der Waals surface area contributed by atoms with Crippen LogP contribution in [0.5, 0.6) is 0 Å². The van der Waals surface area contributed by atoms with Crippen LogP contribution < -0.4 is 4.72 Å². The molecule has 0 heterocycles. The highest BCUT2D eigenvalue weighted by Crippen LogP contribution is 2.26. The lowest BCUT2D eigenvalue weighted by Gasteiger charge is -2.35. The van der Waals surface area contributed by atoms with Gasteiger partial charge in [0.15, 0.2) is 0 Å². The van der Waals surface area contributed by atoms with Crippen LogP contribution in [0.3, 0.4) is 0 Å². The van der Waals surface area contributed by atoms with Crippen LogP contribution in [0.1, 0.15) is 19.3 Å². The molecule has 0 unspecified atom stereocenters. The zero-order valence-electron chi connectivity index (χ0n) is 9.05. The van der Waals surface area contributed by atoms with Crippen molar-refractivity contribution in [3.63, 3.8) is 0 Å². The Morgan fingerprint density at radius 3 is 2.56 bits per heavy atom. The number of hydrogen-bond donors (Lipinski definition) is 2. The van der Waals surface area contributed by atoms with Gasteiger partial charge in [-0.2, -0.15) is 12.7 Å². The summed E-state index contributed by atoms with van der Waals surface area (Å²) in [6.07, 6.45) is 1.44. The number of carbonyl (C=O) groups excluding carboxylic acids is 1. The summed E-state index contributed by atoms with van der Waals surface area (Å²) in [4.78, 5) is 10.9. The third kappa shape index (κ3) is 3.06. The number of aliphatic hydroxyl groups is 1. The molecule has 16 heavy (non-hydrogen) atoms. The fraction of sp³-hybridized carbons (Fsp3) is 0.875. The van der Waals surface area contributed by atoms with Crippen molar-refractivity contribution in [1.29, 1.82) is 0 Å². The molecule has 0 atom stereocenters. The van der Waals surface area contributed by atoms with Crippen molar-refractivity contribution in [2.75, 3.05) is 20.3 Å². The van der Waals surface area contributed by atoms with E-state index in [2.05, 4.69) is 4.74 Å². The molecule has 0 radical (unpaired) electrons. The van der Waals surface area contributed by atoms with E-state index in [0.29, 0.717) is 0 Å². The van der Waals surface area contributed by atoms with Gasteiger partial charge >= 0.3 is 16.3 Å². The Kier molecular flexibility index (Phi) is 4.51. The quantitative estimate of drug-likeness (QED) is 0.683. The van der Waals surface area contributed by atoms with E-state index in [0.717, 1.165) is 30.7 Å². The van der Waals surface area contributed by atoms with E-state index in [1.165, 1.54) is 0 Å². The highest BCUT2D eigenvalue weighted by atomic mass is 32.2. The van der Waals surface area contributed by atoms with Crippen molar-refractivity contribution in [3.05, 3.63) is 0 Å². The van der Waals surface area contributed by atoms with Gasteiger partial charge < -0.3 is 9.84 Å². The monoisotopic (exact) mass is 252 g/mol. The third-order valence-corrected chi connectivity index (χ3v) is 4.03. The predicted octanol–water partition coefficient (Wildman–Crippen LogP) is -0.566. The maximum Gasteiger partial charge on any atom is 0.421 e. The van der Waals surface area contributed by atoms with Crippen molar-refractivity contribution in [3.8, 4) is 0 Å². The molecule has 0 bridgehead atoms. The van der Waals surface area contributed by atoms with Crippen molar-refractivity contribution in [2.24, 2.45) is 0 Å². The molecule has 94 valence electrons. The number of carbonyl (C=O) groups is 1. The highest BCUT2D eigenvalue weighted by Gasteiger charge is 2.34. The summed E-state index contributed by atoms with van der Waals surface area (Å²) < 4.78 is 30.6. The van der Waals surface area contributed by atoms with Crippen LogP contribution in [0.15, 0.2) is 0 Å². The van der Waals surface area contributed by atoms with Gasteiger partial charge in [-0.05, 0) is 12.8 Å². The van der Waals surface area contributed by atoms with Gasteiger partial charge in [0.1, 0.15) is 0 Å². The summed E-state index contributed by atoms with van der Waals surface area (Å²) in [6.45, 7) is -0.296. The van der Waals surface area contributed by atoms with Gasteiger partial charge in [0, 0.05) is 12.6 Å². The minimum absolute atomic E-state index is 0.0169. The molecular formula is C8H16N2O5S. The summed E-state index contributed by atoms with van der Waals surface area (Å²) in [7, 11) is -2.82. The number of rotatable bonds is 5. The van der Waals surface area contributed by atoms with E-state index in [4.69, 9.17) is 5.11 Å². The minimum atomic E-state index is -3.91. The molecule has 0 saturated heterocycles. The molecule has 1 amide bonds. The number of aliphatic hydroxyl groups excluding tert-OH is 1. The van der Waals surface area contributed by atoms with E-state index in [1.54, 1.807) is 4.72 Å². The fourth-order valence-electron chi connectivity index (χ4n) is 1.48. The van der Waals surface area contributed by atoms with Crippen molar-refractivity contribution >= 4 is 16.3 Å². The van der Waals surface area contributed by atoms with Crippen LogP contribution in [0.2, 0.25) is 0 Å². The van der Waals surface area contributed by atoms with Gasteiger partial charge in [0.2, 0.25) is 0 Å². The van der Waals surface area contributed by atoms with Gasteiger partial charge in [-0.15, -0.1) is 0 Å². The minimum Gasteiger partial charge on any atom is -0.452 e. The van der Waals surface area contributed by atoms with Crippen LogP contribution in [-0.2, 0) is 14.9 Å². The maximum absolute atomic E-state index is 11.7. The Bertz CT molecular complexity index is 338. The number of methoxy groups -OCH3 is 1. The Labute approximate surface area is 94.6 Å². The summed E-state index contributed by atoms with van der Waals surface area (Å²) in [5, 5.41) is 8.81. The van der Waals surface area contributed by atoms with Crippen LogP contribution in [0, 0.1) is 0 Å². The number of nitrogens with zero attached hydrogens (tertiary/aromatic N) is 1. The molecule has 0 spiro atoms. The maximum atomic E-state index is 11.7. The average Bonchev–Trinajstić information content (AvgIpc) is 2.13. The van der Waals surface area contributed by atoms with Crippen LogP contribution in [0.25, 0.3) is 0 Å². The van der Waals surface area contributed by atoms with E-state index < -0.39 is 16.3 Å². The first-order chi connectivity index (χ1) is 7.51. The van der Waals surface area contributed by atoms with Crippen molar-refractivity contribution < 1.29 is 23.1 Å². The van der Waals surface area contributed by atoms with Gasteiger partial charge in [0.05, 0.1) is 13.7 Å². The van der Waals surface area contributed by atoms with Crippen LogP contribution >= 0.6 is 0 Å². The lowest BCUT2D eigenvalue weighted by molar-refractivity contribution is 0.166. The Morgan fingerprint density at radius 2 is 2.19 bits per heavy atom. The number of hydrogen-bond acceptors (Lipinski definition) is 5. The molecular weight excluding hydrogens is 236 g/mol. The lowest BCUT2D eigenvalue weighted by Crippen LogP contribution is -2.51. The van der Waals surface area contributed by atoms with Crippen molar-refractivity contribution in [1.82, 2.24) is 9.03 Å². The van der Waals surface area contributed by atoms with E-state index in [9.17, 15) is 13.2 Å². The number of ether oxygens (including phenoxy) is 1. The van der Waals surface area contributed by atoms with Gasteiger partial charge in [-0.3, -0.25) is 0 Å². The second kappa shape index (κ2) is 5.46. The van der Waals surface area contributed by atoms with E-state index in [1.807, 2.05) is 0 Å². The highest BCUT2D eigenvalue weighted by molar-refractivity contribution is 7.87. The average molecular weight is 252 g/mol. The standard InChI is InChI=1S/C8H16N2O5S/c1-15-8(12)9-16(13,14)10(5-6-11)7-3-2-4-7/h7,11H,2-6H2,1H3,(H,9,12). The Balaban J connectivity index is 2.71. The van der Waals surface area contributed by atoms with Gasteiger partial charge in [-0.25, -0.2) is 9.52 Å². The molecule has 1 saturated carbocycles. The molecule has 0 aromatic carbocycles. The fourth-order valence-corrected chi connectivity index (χ4v) is 2.81. The Morgan fingerprint density at radius 1 is 1.56 bits per heavy atom. The molecule has 1 fully saturated rings. The summed E-state index contributed by atoms with van der Waals surface area (Å²) in [5.74, 6) is 0. The number of nitrogens with one attached hydrogen (secondary N) is 1. The topological polar surface area (TPSA) is 95.9 Å². The molecule has 7 nitrogen and oxygen atoms in total. The third-order valence-electron chi connectivity index (χ3n) is 2.51. The van der Waals surface area contributed by atoms with E-state index in [-0.39, 0.29) is 19.2 Å². The summed E-state index contributed by atoms with van der Waals surface area (Å²) >= 11 is 0. The molecule has 2 N–H and O–H groups in total. The smallest absolute Gasteiger partial charge is 0.421 e. The molecule has 1 aliphatic carbocycles. The molecule has 1 aliphatic rings. The van der Waals surface area contributed by atoms with Gasteiger partial charge in [0.25, 0.3) is 0 Å².